The minimum atomic E-state index is -0.288. The van der Waals surface area contributed by atoms with Gasteiger partial charge in [-0.05, 0) is 35.4 Å². The second-order valence-electron chi connectivity index (χ2n) is 3.58. The van der Waals surface area contributed by atoms with Gasteiger partial charge in [-0.2, -0.15) is 0 Å². The first-order chi connectivity index (χ1) is 7.66. The van der Waals surface area contributed by atoms with Gasteiger partial charge in [0.1, 0.15) is 5.82 Å². The van der Waals surface area contributed by atoms with Crippen LogP contribution in [0, 0.1) is 5.82 Å². The van der Waals surface area contributed by atoms with Crippen molar-refractivity contribution in [3.8, 4) is 0 Å². The molecule has 0 bridgehead atoms. The van der Waals surface area contributed by atoms with Gasteiger partial charge in [0.15, 0.2) is 0 Å². The van der Waals surface area contributed by atoms with Crippen molar-refractivity contribution in [2.24, 2.45) is 5.73 Å². The summed E-state index contributed by atoms with van der Waals surface area (Å²) >= 11 is 3.36. The first kappa shape index (κ1) is 11.3. The lowest BCUT2D eigenvalue weighted by Crippen LogP contribution is -2.11. The van der Waals surface area contributed by atoms with Crippen LogP contribution in [0.25, 0.3) is 0 Å². The fraction of sp³-hybridized carbons (Fsp3) is 0.0769. The highest BCUT2D eigenvalue weighted by atomic mass is 79.9. The van der Waals surface area contributed by atoms with E-state index in [4.69, 9.17) is 5.73 Å². The molecule has 0 saturated carbocycles. The Bertz CT molecular complexity index is 482. The quantitative estimate of drug-likeness (QED) is 0.893. The van der Waals surface area contributed by atoms with E-state index in [0.29, 0.717) is 0 Å². The van der Waals surface area contributed by atoms with E-state index in [1.54, 1.807) is 6.07 Å². The van der Waals surface area contributed by atoms with Crippen LogP contribution in [0.5, 0.6) is 0 Å². The van der Waals surface area contributed by atoms with E-state index < -0.39 is 0 Å². The normalized spacial score (nSPS) is 12.4. The molecule has 0 saturated heterocycles. The molecule has 82 valence electrons. The van der Waals surface area contributed by atoms with E-state index >= 15 is 0 Å². The summed E-state index contributed by atoms with van der Waals surface area (Å²) in [6, 6.07) is 13.8. The van der Waals surface area contributed by atoms with Gasteiger partial charge in [0.05, 0.1) is 6.04 Å². The maximum absolute atomic E-state index is 13.0. The van der Waals surface area contributed by atoms with Crippen molar-refractivity contribution in [3.05, 3.63) is 69.9 Å². The van der Waals surface area contributed by atoms with Crippen molar-refractivity contribution in [1.82, 2.24) is 0 Å². The van der Waals surface area contributed by atoms with E-state index in [0.717, 1.165) is 15.6 Å². The molecule has 0 amide bonds. The highest BCUT2D eigenvalue weighted by Gasteiger charge is 2.08. The fourth-order valence-electron chi connectivity index (χ4n) is 1.56. The first-order valence-electron chi connectivity index (χ1n) is 4.93. The molecular formula is C13H11BrFN. The molecule has 0 heterocycles. The topological polar surface area (TPSA) is 26.0 Å². The Labute approximate surface area is 102 Å². The van der Waals surface area contributed by atoms with E-state index in [1.165, 1.54) is 12.1 Å². The summed E-state index contributed by atoms with van der Waals surface area (Å²) in [5.74, 6) is -0.259. The molecule has 1 nitrogen and oxygen atoms in total. The van der Waals surface area contributed by atoms with Crippen LogP contribution in [-0.4, -0.2) is 0 Å². The molecule has 0 fully saturated rings. The van der Waals surface area contributed by atoms with E-state index in [9.17, 15) is 4.39 Å². The molecule has 0 aliphatic carbocycles. The number of benzene rings is 2. The van der Waals surface area contributed by atoms with Crippen LogP contribution >= 0.6 is 15.9 Å². The zero-order valence-electron chi connectivity index (χ0n) is 8.53. The molecule has 16 heavy (non-hydrogen) atoms. The third-order valence-electron chi connectivity index (χ3n) is 2.44. The molecule has 0 spiro atoms. The van der Waals surface area contributed by atoms with Gasteiger partial charge in [-0.15, -0.1) is 0 Å². The van der Waals surface area contributed by atoms with Crippen molar-refractivity contribution < 1.29 is 4.39 Å². The van der Waals surface area contributed by atoms with Crippen LogP contribution in [0.4, 0.5) is 4.39 Å². The first-order valence-corrected chi connectivity index (χ1v) is 5.72. The second-order valence-corrected chi connectivity index (χ2v) is 4.50. The van der Waals surface area contributed by atoms with Crippen LogP contribution in [0.1, 0.15) is 17.2 Å². The van der Waals surface area contributed by atoms with Crippen molar-refractivity contribution in [3.63, 3.8) is 0 Å². The molecule has 2 N–H and O–H groups in total. The van der Waals surface area contributed by atoms with Crippen LogP contribution in [0.15, 0.2) is 53.0 Å². The summed E-state index contributed by atoms with van der Waals surface area (Å²) in [4.78, 5) is 0. The lowest BCUT2D eigenvalue weighted by atomic mass is 10.00. The van der Waals surface area contributed by atoms with Gasteiger partial charge in [0.2, 0.25) is 0 Å². The molecule has 2 aromatic rings. The van der Waals surface area contributed by atoms with Gasteiger partial charge in [-0.25, -0.2) is 4.39 Å². The minimum Gasteiger partial charge on any atom is -0.320 e. The summed E-state index contributed by atoms with van der Waals surface area (Å²) < 4.78 is 14.0. The average Bonchev–Trinajstić information content (AvgIpc) is 2.29. The largest absolute Gasteiger partial charge is 0.320 e. The predicted molar refractivity (Wildman–Crippen MR) is 66.6 cm³/mol. The average molecular weight is 280 g/mol. The van der Waals surface area contributed by atoms with E-state index in [1.807, 2.05) is 30.3 Å². The lowest BCUT2D eigenvalue weighted by Gasteiger charge is -2.12. The highest BCUT2D eigenvalue weighted by molar-refractivity contribution is 9.10. The van der Waals surface area contributed by atoms with Crippen LogP contribution in [0.3, 0.4) is 0 Å². The van der Waals surface area contributed by atoms with Crippen molar-refractivity contribution in [2.45, 2.75) is 6.04 Å². The second kappa shape index (κ2) is 4.76. The Kier molecular flexibility index (Phi) is 3.36. The molecule has 0 aromatic heterocycles. The minimum absolute atomic E-state index is 0.259. The third-order valence-corrected chi connectivity index (χ3v) is 2.97. The lowest BCUT2D eigenvalue weighted by molar-refractivity contribution is 0.623. The molecule has 2 aromatic carbocycles. The van der Waals surface area contributed by atoms with Gasteiger partial charge in [0.25, 0.3) is 0 Å². The van der Waals surface area contributed by atoms with Gasteiger partial charge < -0.3 is 5.73 Å². The summed E-state index contributed by atoms with van der Waals surface area (Å²) in [6.45, 7) is 0. The standard InChI is InChI=1S/C13H11BrFN/c14-11-6-4-9(5-7-11)13(16)10-2-1-3-12(15)8-10/h1-8,13H,16H2/t13-/m0/s1. The van der Waals surface area contributed by atoms with Gasteiger partial charge in [-0.3, -0.25) is 0 Å². The maximum Gasteiger partial charge on any atom is 0.123 e. The van der Waals surface area contributed by atoms with Crippen LogP contribution in [0.2, 0.25) is 0 Å². The molecular weight excluding hydrogens is 269 g/mol. The maximum atomic E-state index is 13.0. The number of hydrogen-bond donors (Lipinski definition) is 1. The number of hydrogen-bond acceptors (Lipinski definition) is 1. The predicted octanol–water partition coefficient (Wildman–Crippen LogP) is 3.64. The molecule has 0 radical (unpaired) electrons. The van der Waals surface area contributed by atoms with Crippen molar-refractivity contribution in [2.75, 3.05) is 0 Å². The zero-order chi connectivity index (χ0) is 11.5. The molecule has 0 unspecified atom stereocenters. The van der Waals surface area contributed by atoms with Gasteiger partial charge in [0, 0.05) is 4.47 Å². The number of rotatable bonds is 2. The third kappa shape index (κ3) is 2.49. The number of halogens is 2. The zero-order valence-corrected chi connectivity index (χ0v) is 10.1. The summed E-state index contributed by atoms with van der Waals surface area (Å²) in [7, 11) is 0. The molecule has 1 atom stereocenters. The highest BCUT2D eigenvalue weighted by Crippen LogP contribution is 2.21. The Balaban J connectivity index is 2.31. The molecule has 3 heteroatoms. The van der Waals surface area contributed by atoms with Crippen LogP contribution < -0.4 is 5.73 Å². The number of nitrogens with two attached hydrogens (primary N) is 1. The summed E-state index contributed by atoms with van der Waals surface area (Å²) in [5, 5.41) is 0. The Hall–Kier alpha value is -1.19. The summed E-state index contributed by atoms with van der Waals surface area (Å²) in [6.07, 6.45) is 0. The Morgan fingerprint density at radius 1 is 1.00 bits per heavy atom. The van der Waals surface area contributed by atoms with Crippen molar-refractivity contribution in [1.29, 1.82) is 0 Å². The summed E-state index contributed by atoms with van der Waals surface area (Å²) in [5.41, 5.74) is 7.80. The Morgan fingerprint density at radius 3 is 2.31 bits per heavy atom. The Morgan fingerprint density at radius 2 is 1.69 bits per heavy atom. The van der Waals surface area contributed by atoms with Gasteiger partial charge >= 0.3 is 0 Å². The smallest absolute Gasteiger partial charge is 0.123 e. The van der Waals surface area contributed by atoms with E-state index in [2.05, 4.69) is 15.9 Å². The fourth-order valence-corrected chi connectivity index (χ4v) is 1.83. The van der Waals surface area contributed by atoms with E-state index in [-0.39, 0.29) is 11.9 Å². The molecule has 2 rings (SSSR count). The van der Waals surface area contributed by atoms with Crippen LogP contribution in [-0.2, 0) is 0 Å². The monoisotopic (exact) mass is 279 g/mol. The van der Waals surface area contributed by atoms with Gasteiger partial charge in [-0.1, -0.05) is 40.2 Å². The molecule has 0 aliphatic rings. The van der Waals surface area contributed by atoms with Crippen molar-refractivity contribution >= 4 is 15.9 Å². The SMILES string of the molecule is N[C@@H](c1ccc(Br)cc1)c1cccc(F)c1. The molecule has 0 aliphatic heterocycles.